The number of hydrogen-bond donors (Lipinski definition) is 4. The van der Waals surface area contributed by atoms with Crippen LogP contribution in [0.15, 0.2) is 24.3 Å². The average Bonchev–Trinajstić information content (AvgIpc) is 3.36. The lowest BCUT2D eigenvalue weighted by Gasteiger charge is -2.33. The summed E-state index contributed by atoms with van der Waals surface area (Å²) in [6.45, 7) is 6.04. The minimum atomic E-state index is -0.632. The van der Waals surface area contributed by atoms with E-state index in [0.29, 0.717) is 13.0 Å². The monoisotopic (exact) mass is 488 g/mol. The van der Waals surface area contributed by atoms with Gasteiger partial charge in [-0.25, -0.2) is 0 Å². The first-order chi connectivity index (χ1) is 16.8. The number of fused-ring (bicyclic) bond motifs is 1. The Labute approximate surface area is 208 Å². The molecule has 0 spiro atoms. The molecule has 1 saturated heterocycles. The van der Waals surface area contributed by atoms with Crippen molar-refractivity contribution in [1.29, 1.82) is 0 Å². The van der Waals surface area contributed by atoms with Crippen molar-refractivity contribution in [2.45, 2.75) is 83.5 Å². The maximum Gasteiger partial charge on any atom is 0.290 e. The zero-order valence-corrected chi connectivity index (χ0v) is 21.3. The Morgan fingerprint density at radius 1 is 1.17 bits per heavy atom. The van der Waals surface area contributed by atoms with E-state index >= 15 is 0 Å². The molecule has 0 bridgehead atoms. The van der Waals surface area contributed by atoms with E-state index in [-0.39, 0.29) is 36.2 Å². The van der Waals surface area contributed by atoms with E-state index in [0.717, 1.165) is 32.1 Å². The Morgan fingerprint density at radius 2 is 1.86 bits per heavy atom. The first-order valence-corrected chi connectivity index (χ1v) is 12.5. The van der Waals surface area contributed by atoms with E-state index in [9.17, 15) is 14.4 Å². The van der Waals surface area contributed by atoms with Crippen molar-refractivity contribution in [3.8, 4) is 0 Å². The van der Waals surface area contributed by atoms with Crippen LogP contribution in [0.2, 0.25) is 0 Å². The van der Waals surface area contributed by atoms with Gasteiger partial charge < -0.3 is 26.0 Å². The van der Waals surface area contributed by atoms with Gasteiger partial charge in [-0.2, -0.15) is 0 Å². The highest BCUT2D eigenvalue weighted by Crippen LogP contribution is 2.30. The van der Waals surface area contributed by atoms with Crippen LogP contribution >= 0.6 is 0 Å². The van der Waals surface area contributed by atoms with Crippen LogP contribution in [0.5, 0.6) is 0 Å². The topological polar surface area (TPSA) is 128 Å². The van der Waals surface area contributed by atoms with Gasteiger partial charge in [0.2, 0.25) is 17.7 Å². The van der Waals surface area contributed by atoms with Crippen LogP contribution in [0.4, 0.5) is 0 Å². The molecule has 1 aromatic carbocycles. The fourth-order valence-electron chi connectivity index (χ4n) is 4.75. The molecule has 1 aromatic rings. The highest BCUT2D eigenvalue weighted by molar-refractivity contribution is 5.93. The number of nitrogens with one attached hydrogen (secondary N) is 3. The van der Waals surface area contributed by atoms with Gasteiger partial charge in [-0.05, 0) is 63.1 Å². The molecular weight excluding hydrogens is 448 g/mol. The summed E-state index contributed by atoms with van der Waals surface area (Å²) in [4.78, 5) is 49.3. The smallest absolute Gasteiger partial charge is 0.290 e. The summed E-state index contributed by atoms with van der Waals surface area (Å²) in [5, 5.41) is 16.0. The third-order valence-corrected chi connectivity index (χ3v) is 7.13. The Balaban J connectivity index is 0.00000137. The molecule has 1 aliphatic carbocycles. The summed E-state index contributed by atoms with van der Waals surface area (Å²) < 4.78 is 0. The number of carbonyl (C=O) groups is 4. The second-order valence-corrected chi connectivity index (χ2v) is 9.33. The van der Waals surface area contributed by atoms with Crippen molar-refractivity contribution in [3.63, 3.8) is 0 Å². The molecule has 5 atom stereocenters. The van der Waals surface area contributed by atoms with Crippen molar-refractivity contribution < 1.29 is 24.3 Å². The fraction of sp³-hybridized carbons (Fsp3) is 0.615. The quantitative estimate of drug-likeness (QED) is 0.415. The minimum Gasteiger partial charge on any atom is -0.483 e. The lowest BCUT2D eigenvalue weighted by atomic mass is 9.87. The van der Waals surface area contributed by atoms with Crippen molar-refractivity contribution in [3.05, 3.63) is 35.4 Å². The van der Waals surface area contributed by atoms with Crippen LogP contribution in [0.1, 0.15) is 70.0 Å². The number of carboxylic acid groups (broad SMARTS) is 1. The second-order valence-electron chi connectivity index (χ2n) is 9.33. The van der Waals surface area contributed by atoms with Gasteiger partial charge in [-0.3, -0.25) is 19.2 Å². The Bertz CT molecular complexity index is 877. The molecule has 9 nitrogen and oxygen atoms in total. The predicted molar refractivity (Wildman–Crippen MR) is 134 cm³/mol. The number of amides is 3. The van der Waals surface area contributed by atoms with Gasteiger partial charge >= 0.3 is 0 Å². The molecule has 1 unspecified atom stereocenters. The lowest BCUT2D eigenvalue weighted by Crippen LogP contribution is -2.57. The molecule has 0 aromatic heterocycles. The first-order valence-electron chi connectivity index (χ1n) is 12.5. The van der Waals surface area contributed by atoms with Gasteiger partial charge in [0.15, 0.2) is 0 Å². The van der Waals surface area contributed by atoms with Crippen molar-refractivity contribution in [2.24, 2.45) is 5.92 Å². The highest BCUT2D eigenvalue weighted by atomic mass is 16.3. The van der Waals surface area contributed by atoms with Crippen molar-refractivity contribution in [1.82, 2.24) is 20.9 Å². The zero-order valence-electron chi connectivity index (χ0n) is 21.3. The summed E-state index contributed by atoms with van der Waals surface area (Å²) in [5.74, 6) is -0.469. The number of likely N-dealkylation sites (N-methyl/N-ethyl adjacent to an activating group) is 1. The number of rotatable bonds is 8. The van der Waals surface area contributed by atoms with Gasteiger partial charge in [0, 0.05) is 6.54 Å². The van der Waals surface area contributed by atoms with E-state index in [1.54, 1.807) is 18.9 Å². The molecule has 35 heavy (non-hydrogen) atoms. The molecule has 1 heterocycles. The Hall–Kier alpha value is -2.94. The van der Waals surface area contributed by atoms with E-state index in [2.05, 4.69) is 28.1 Å². The van der Waals surface area contributed by atoms with Crippen molar-refractivity contribution in [2.75, 3.05) is 13.6 Å². The number of hydrogen-bond acceptors (Lipinski definition) is 5. The average molecular weight is 489 g/mol. The molecule has 0 radical (unpaired) electrons. The van der Waals surface area contributed by atoms with Crippen LogP contribution < -0.4 is 16.0 Å². The van der Waals surface area contributed by atoms with Gasteiger partial charge in [-0.15, -0.1) is 0 Å². The summed E-state index contributed by atoms with van der Waals surface area (Å²) in [6, 6.07) is 6.76. The van der Waals surface area contributed by atoms with Gasteiger partial charge in [-0.1, -0.05) is 44.5 Å². The zero-order chi connectivity index (χ0) is 26.0. The summed E-state index contributed by atoms with van der Waals surface area (Å²) in [5.41, 5.74) is 2.48. The summed E-state index contributed by atoms with van der Waals surface area (Å²) >= 11 is 0. The lowest BCUT2D eigenvalue weighted by molar-refractivity contribution is -0.143. The van der Waals surface area contributed by atoms with E-state index in [1.165, 1.54) is 11.1 Å². The van der Waals surface area contributed by atoms with E-state index in [4.69, 9.17) is 9.90 Å². The van der Waals surface area contributed by atoms with Gasteiger partial charge in [0.1, 0.15) is 12.1 Å². The Morgan fingerprint density at radius 3 is 2.51 bits per heavy atom. The van der Waals surface area contributed by atoms with Gasteiger partial charge in [0.05, 0.1) is 12.1 Å². The number of nitrogens with zero attached hydrogens (tertiary/aromatic N) is 1. The van der Waals surface area contributed by atoms with Crippen LogP contribution in [-0.2, 0) is 25.6 Å². The largest absolute Gasteiger partial charge is 0.483 e. The van der Waals surface area contributed by atoms with Crippen molar-refractivity contribution >= 4 is 24.2 Å². The summed E-state index contributed by atoms with van der Waals surface area (Å²) in [7, 11) is 1.72. The maximum absolute atomic E-state index is 13.5. The normalized spacial score (nSPS) is 21.4. The molecular formula is C26H40N4O5. The molecule has 0 saturated carbocycles. The molecule has 3 rings (SSSR count). The minimum absolute atomic E-state index is 0.00783. The highest BCUT2D eigenvalue weighted by Gasteiger charge is 2.40. The van der Waals surface area contributed by atoms with Crippen LogP contribution in [-0.4, -0.2) is 65.9 Å². The number of aryl methyl sites for hydroxylation is 1. The van der Waals surface area contributed by atoms with Crippen LogP contribution in [0, 0.1) is 5.92 Å². The number of likely N-dealkylation sites (tertiary alicyclic amines) is 1. The summed E-state index contributed by atoms with van der Waals surface area (Å²) in [6.07, 6.45) is 5.20. The first kappa shape index (κ1) is 28.3. The maximum atomic E-state index is 13.5. The van der Waals surface area contributed by atoms with E-state index < -0.39 is 18.1 Å². The molecule has 4 N–H and O–H groups in total. The predicted octanol–water partition coefficient (Wildman–Crippen LogP) is 2.01. The third-order valence-electron chi connectivity index (χ3n) is 7.13. The Kier molecular flexibility index (Phi) is 11.2. The molecule has 2 aliphatic rings. The number of benzene rings is 1. The van der Waals surface area contributed by atoms with E-state index in [1.807, 2.05) is 26.0 Å². The number of carbonyl (C=O) groups excluding carboxylic acids is 3. The van der Waals surface area contributed by atoms with Crippen LogP contribution in [0.25, 0.3) is 0 Å². The third kappa shape index (κ3) is 7.27. The molecule has 194 valence electrons. The molecule has 1 aliphatic heterocycles. The molecule has 1 fully saturated rings. The second kappa shape index (κ2) is 13.8. The molecule has 9 heteroatoms. The SMILES string of the molecule is CC[C@H](C)[C@H](NC(=O)[C@H](C)NC)C(=O)N1CCC[C@H]1C(=O)NC1CCCc2ccccc21.O=CO. The van der Waals surface area contributed by atoms with Crippen LogP contribution in [0.3, 0.4) is 0 Å². The fourth-order valence-corrected chi connectivity index (χ4v) is 4.75. The van der Waals surface area contributed by atoms with Gasteiger partial charge in [0.25, 0.3) is 6.47 Å². The molecule has 3 amide bonds. The standard InChI is InChI=1S/C25H38N4O3.CH2O2/c1-5-16(2)22(28-23(30)17(3)26-4)25(32)29-15-9-14-21(29)24(31)27-20-13-8-11-18-10-6-7-12-19(18)20;2-1-3/h6-7,10,12,16-17,20-22,26H,5,8-9,11,13-15H2,1-4H3,(H,27,31)(H,28,30);1H,(H,2,3)/t16-,17-,20?,21-,22-;/m0./s1.